The normalized spacial score (nSPS) is 10.1. The molecule has 0 spiro atoms. The van der Waals surface area contributed by atoms with Crippen LogP contribution in [0.4, 0.5) is 5.82 Å². The number of hydrogen-bond acceptors (Lipinski definition) is 41. The lowest BCUT2D eigenvalue weighted by Gasteiger charge is -2.09. The summed E-state index contributed by atoms with van der Waals surface area (Å²) in [6, 6.07) is 1.91. The Labute approximate surface area is 753 Å². The molecule has 11 aromatic heterocycles. The number of aliphatic hydroxyl groups excluding tert-OH is 1. The van der Waals surface area contributed by atoms with Gasteiger partial charge in [0.05, 0.1) is 65.1 Å². The number of anilines is 1. The Hall–Kier alpha value is -7.41. The molecular weight excluding hydrogens is 2150 g/mol. The third-order valence-corrected chi connectivity index (χ3v) is 16.0. The van der Waals surface area contributed by atoms with Crippen LogP contribution in [0.2, 0.25) is 0 Å². The van der Waals surface area contributed by atoms with Gasteiger partial charge in [0.2, 0.25) is 5.91 Å². The van der Waals surface area contributed by atoms with Gasteiger partial charge in [0, 0.05) is 195 Å². The fourth-order valence-corrected chi connectivity index (χ4v) is 9.26. The van der Waals surface area contributed by atoms with Crippen LogP contribution in [0.1, 0.15) is 125 Å². The second-order valence-corrected chi connectivity index (χ2v) is 26.6. The van der Waals surface area contributed by atoms with Gasteiger partial charge < -0.3 is 133 Å². The van der Waals surface area contributed by atoms with Crippen molar-refractivity contribution in [3.05, 3.63) is 169 Å². The number of amides is 2. The first-order chi connectivity index (χ1) is 56.3. The van der Waals surface area contributed by atoms with Crippen molar-refractivity contribution in [3.63, 3.8) is 0 Å². The van der Waals surface area contributed by atoms with Crippen molar-refractivity contribution in [3.8, 4) is 6.07 Å². The van der Waals surface area contributed by atoms with E-state index >= 15 is 0 Å². The molecule has 43 nitrogen and oxygen atoms in total. The van der Waals surface area contributed by atoms with Crippen LogP contribution in [0.5, 0.6) is 0 Å². The van der Waals surface area contributed by atoms with E-state index in [2.05, 4.69) is 157 Å². The maximum absolute atomic E-state index is 11.9. The Bertz CT molecular complexity index is 4190. The third-order valence-electron chi connectivity index (χ3n) is 11.6. The van der Waals surface area contributed by atoms with Crippen molar-refractivity contribution < 1.29 is 125 Å². The summed E-state index contributed by atoms with van der Waals surface area (Å²) in [5.41, 5.74) is 18.5. The molecule has 0 radical (unpaired) electrons. The quantitative estimate of drug-likeness (QED) is 0.0113. The molecule has 11 heterocycles. The Kier molecular flexibility index (Phi) is 65.9. The highest BCUT2D eigenvalue weighted by molar-refractivity contribution is 14.1. The molecule has 0 atom stereocenters. The highest BCUT2D eigenvalue weighted by Crippen LogP contribution is 2.22. The number of hydrogen-bond donors (Lipinski definition) is 5. The summed E-state index contributed by atoms with van der Waals surface area (Å²) in [7, 11) is 9.46. The van der Waals surface area contributed by atoms with Gasteiger partial charge in [-0.05, 0) is 34.6 Å². The van der Waals surface area contributed by atoms with E-state index in [9.17, 15) is 14.4 Å². The van der Waals surface area contributed by atoms with Gasteiger partial charge in [-0.2, -0.15) is 5.26 Å². The first kappa shape index (κ1) is 111. The molecule has 0 saturated carbocycles. The van der Waals surface area contributed by atoms with E-state index in [1.807, 2.05) is 79.8 Å². The fraction of sp³-hybridized carbons (Fsp3) is 0.464. The van der Waals surface area contributed by atoms with Gasteiger partial charge in [0.1, 0.15) is 135 Å². The van der Waals surface area contributed by atoms with Gasteiger partial charge in [-0.3, -0.25) is 9.59 Å². The smallest absolute Gasteiger partial charge is 0.360 e. The van der Waals surface area contributed by atoms with E-state index in [0.717, 1.165) is 54.9 Å². The zero-order chi connectivity index (χ0) is 87.0. The molecule has 11 rings (SSSR count). The Morgan fingerprint density at radius 2 is 0.924 bits per heavy atom. The summed E-state index contributed by atoms with van der Waals surface area (Å²) in [5, 5.41) is 21.8. The standard InChI is InChI=1S/C10H12N4O2.C7H10INO3.2C7H11NO3.2C6H8INO3.C6H10N2O.C6H9NO3.C6H7NO3.C4H5IN2O.C4H4INO2.ClH/c1-5(2)14-10(15)7-8-6(13-4-16-8)3-12-9(7)11;1-5-9-6(7(8)12-5)3-11-4-10-2;2*1-6-8-7(4-11-6)3-10-5-9-2;2*1-9-4-10-2-5-6(7)11-3-8-5;1-5(2)8-6(9)3-4-7;1-8-5-10-3-6-2-9-4-7-6;1-2-10-6(8)5-3-9-4-7-5;5-4-3(1-6)7-2-8-4;5-4-3(1-7)6-2-8-4;/h3-5H,1-2H3,(H2,11,12)(H,14,15);3-4H2,1-2H3;2*4H,3,5H2,1-2H3;2*3H,2,4H2,1H3;5H,3H2,1-2H3,(H,8,9);2,4H,3,5H2,1H3;3-4H,2H2,1H3;2H,1,6H2;2,7H,1H2;1H. The van der Waals surface area contributed by atoms with Crippen LogP contribution < -0.4 is 22.1 Å². The SMILES string of the molecule is CC(C)NC(=O)CC#N.CC(C)NC(=O)c1c(N)ncc2ncoc12.CCOC(=O)c1cocn1.COCOCc1coc(C)n1.COCOCc1coc(C)n1.COCOCc1cocn1.COCOCc1nc(C)oc1I.COCOCc1ncoc1I.COCOCc1ncoc1I.Cl.NCc1ncoc1I.OCc1ncoc1I. The number of aromatic nitrogens is 11. The summed E-state index contributed by atoms with van der Waals surface area (Å²) in [5.74, 6) is 1.16. The Morgan fingerprint density at radius 3 is 1.26 bits per heavy atom. The van der Waals surface area contributed by atoms with Gasteiger partial charge in [-0.25, -0.2) is 59.6 Å². The van der Waals surface area contributed by atoms with E-state index in [0.29, 0.717) is 91.0 Å². The number of nitrogens with zero attached hydrogens (tertiary/aromatic N) is 12. The zero-order valence-corrected chi connectivity index (χ0v) is 78.4. The van der Waals surface area contributed by atoms with Gasteiger partial charge >= 0.3 is 5.97 Å². The topological polar surface area (TPSA) is 565 Å². The molecule has 0 aliphatic carbocycles. The number of methoxy groups -OCH3 is 6. The molecule has 0 unspecified atom stereocenters. The molecule has 11 aromatic rings. The van der Waals surface area contributed by atoms with E-state index in [1.165, 1.54) is 63.5 Å². The molecule has 49 heteroatoms. The lowest BCUT2D eigenvalue weighted by molar-refractivity contribution is -0.120. The number of oxazole rings is 10. The maximum Gasteiger partial charge on any atom is 0.360 e. The minimum absolute atomic E-state index is 0. The fourth-order valence-electron chi connectivity index (χ4n) is 6.95. The number of rotatable bonds is 32. The molecule has 7 N–H and O–H groups in total. The third kappa shape index (κ3) is 51.9. The number of nitrogens with two attached hydrogens (primary N) is 2. The van der Waals surface area contributed by atoms with Gasteiger partial charge in [0.15, 0.2) is 92.5 Å². The summed E-state index contributed by atoms with van der Waals surface area (Å²) in [4.78, 5) is 76.0. The van der Waals surface area contributed by atoms with E-state index in [4.69, 9.17) is 104 Å². The summed E-state index contributed by atoms with van der Waals surface area (Å²) in [6.07, 6.45) is 16.7. The lowest BCUT2D eigenvalue weighted by Crippen LogP contribution is -2.31. The first-order valence-electron chi connectivity index (χ1n) is 33.6. The van der Waals surface area contributed by atoms with Crippen LogP contribution in [0.25, 0.3) is 11.1 Å². The Morgan fingerprint density at radius 1 is 0.500 bits per heavy atom. The summed E-state index contributed by atoms with van der Waals surface area (Å²) >= 11 is 10.2. The Balaban J connectivity index is 0.00000128. The predicted molar refractivity (Wildman–Crippen MR) is 456 cm³/mol. The summed E-state index contributed by atoms with van der Waals surface area (Å²) in [6.45, 7) is 19.6. The first-order valence-corrected chi connectivity index (χ1v) is 39.0. The number of esters is 1. The van der Waals surface area contributed by atoms with Crippen molar-refractivity contribution in [1.29, 1.82) is 5.26 Å². The van der Waals surface area contributed by atoms with Crippen LogP contribution in [0, 0.1) is 50.9 Å². The van der Waals surface area contributed by atoms with Crippen LogP contribution in [0.15, 0.2) is 120 Å². The number of nitriles is 1. The number of carbonyl (C=O) groups is 3. The predicted octanol–water partition coefficient (Wildman–Crippen LogP) is 11.7. The number of fused-ring (bicyclic) bond motifs is 1. The van der Waals surface area contributed by atoms with Gasteiger partial charge in [0.25, 0.3) is 5.91 Å². The van der Waals surface area contributed by atoms with Crippen molar-refractivity contribution in [1.82, 2.24) is 65.5 Å². The molecule has 0 fully saturated rings. The van der Waals surface area contributed by atoms with Gasteiger partial charge in [-0.15, -0.1) is 12.4 Å². The average molecular weight is 2250 g/mol. The van der Waals surface area contributed by atoms with E-state index in [-0.39, 0.29) is 107 Å². The monoisotopic (exact) mass is 2250 g/mol. The maximum atomic E-state index is 11.9. The highest BCUT2D eigenvalue weighted by atomic mass is 127. The number of halogens is 6. The van der Waals surface area contributed by atoms with Crippen molar-refractivity contribution in [2.24, 2.45) is 5.73 Å². The molecule has 0 bridgehead atoms. The second kappa shape index (κ2) is 70.3. The molecule has 0 aliphatic heterocycles. The average Bonchev–Trinajstić information content (AvgIpc) is 1.59. The highest BCUT2D eigenvalue weighted by Gasteiger charge is 2.19. The minimum atomic E-state index is -0.448. The number of nitrogen functional groups attached to an aromatic ring is 1. The minimum Gasteiger partial charge on any atom is -0.461 e. The summed E-state index contributed by atoms with van der Waals surface area (Å²) < 4.78 is 116. The molecule has 118 heavy (non-hydrogen) atoms. The van der Waals surface area contributed by atoms with Crippen LogP contribution >= 0.6 is 125 Å². The van der Waals surface area contributed by atoms with Crippen LogP contribution in [-0.4, -0.2) is 180 Å². The largest absolute Gasteiger partial charge is 0.461 e. The van der Waals surface area contributed by atoms with Crippen molar-refractivity contribution in [2.75, 3.05) is 95.8 Å². The number of pyridine rings is 1. The van der Waals surface area contributed by atoms with E-state index in [1.54, 1.807) is 82.0 Å². The molecule has 0 saturated heterocycles. The zero-order valence-electron chi connectivity index (χ0n) is 66.8. The lowest BCUT2D eigenvalue weighted by atomic mass is 10.2. The van der Waals surface area contributed by atoms with E-state index < -0.39 is 5.97 Å². The molecule has 2 amide bonds. The second-order valence-electron chi connectivity index (χ2n) is 21.7. The van der Waals surface area contributed by atoms with Crippen LogP contribution in [0.3, 0.4) is 0 Å². The van der Waals surface area contributed by atoms with Crippen LogP contribution in [-0.2, 0) is 119 Å². The molecule has 0 aromatic carbocycles. The number of carbonyl (C=O) groups excluding carboxylic acids is 3. The number of aliphatic hydroxyl groups is 1. The van der Waals surface area contributed by atoms with Gasteiger partial charge in [-0.1, -0.05) is 0 Å². The number of aryl methyl sites for hydroxylation is 3. The van der Waals surface area contributed by atoms with Crippen molar-refractivity contribution in [2.45, 2.75) is 127 Å². The number of ether oxygens (including phenoxy) is 13. The van der Waals surface area contributed by atoms with Crippen molar-refractivity contribution >= 4 is 160 Å². The molecule has 656 valence electrons. The number of nitrogens with one attached hydrogen (secondary N) is 2. The molecular formula is C69H96ClI5N16O27. The molecule has 0 aliphatic rings.